The van der Waals surface area contributed by atoms with Crippen LogP contribution >= 0.6 is 0 Å². The van der Waals surface area contributed by atoms with Gasteiger partial charge in [-0.25, -0.2) is 0 Å². The van der Waals surface area contributed by atoms with Gasteiger partial charge in [0.25, 0.3) is 5.91 Å². The molecule has 4 heteroatoms. The van der Waals surface area contributed by atoms with E-state index in [0.29, 0.717) is 23.4 Å². The first-order valence-electron chi connectivity index (χ1n) is 5.81. The number of hydrogen-bond donors (Lipinski definition) is 2. The van der Waals surface area contributed by atoms with E-state index in [1.807, 2.05) is 0 Å². The lowest BCUT2D eigenvalue weighted by atomic mass is 10.0. The van der Waals surface area contributed by atoms with Crippen molar-refractivity contribution in [3.05, 3.63) is 29.1 Å². The van der Waals surface area contributed by atoms with E-state index in [-0.39, 0.29) is 11.7 Å². The number of H-pyrrole nitrogens is 1. The molecular formula is C13H16N2O2. The number of nitrogens with one attached hydrogen (secondary N) is 2. The predicted octanol–water partition coefficient (Wildman–Crippen LogP) is 1.93. The van der Waals surface area contributed by atoms with Gasteiger partial charge in [0, 0.05) is 24.7 Å². The van der Waals surface area contributed by atoms with E-state index >= 15 is 0 Å². The highest BCUT2D eigenvalue weighted by atomic mass is 16.2. The van der Waals surface area contributed by atoms with Crippen molar-refractivity contribution in [2.45, 2.75) is 25.7 Å². The Morgan fingerprint density at radius 1 is 1.41 bits per heavy atom. The Kier molecular flexibility index (Phi) is 3.13. The van der Waals surface area contributed by atoms with Crippen molar-refractivity contribution < 1.29 is 9.59 Å². The molecule has 1 aliphatic carbocycles. The van der Waals surface area contributed by atoms with Crippen LogP contribution in [-0.2, 0) is 6.42 Å². The van der Waals surface area contributed by atoms with Crippen LogP contribution in [0.4, 0.5) is 0 Å². The maximum Gasteiger partial charge on any atom is 0.267 e. The summed E-state index contributed by atoms with van der Waals surface area (Å²) < 4.78 is 0. The van der Waals surface area contributed by atoms with Gasteiger partial charge in [0.1, 0.15) is 5.69 Å². The molecule has 0 saturated carbocycles. The van der Waals surface area contributed by atoms with Crippen LogP contribution in [0.15, 0.2) is 6.58 Å². The van der Waals surface area contributed by atoms with Gasteiger partial charge in [0.15, 0.2) is 5.78 Å². The van der Waals surface area contributed by atoms with Gasteiger partial charge >= 0.3 is 0 Å². The maximum absolute atomic E-state index is 12.0. The SMILES string of the molecule is C=Cc1[nH]c(C(=O)NC)c2c1C(=O)CCCC2. The molecule has 1 aromatic heterocycles. The van der Waals surface area contributed by atoms with Crippen LogP contribution in [0.3, 0.4) is 0 Å². The zero-order valence-corrected chi connectivity index (χ0v) is 9.93. The van der Waals surface area contributed by atoms with E-state index in [1.54, 1.807) is 13.1 Å². The first-order valence-corrected chi connectivity index (χ1v) is 5.81. The second-order valence-electron chi connectivity index (χ2n) is 4.18. The van der Waals surface area contributed by atoms with Crippen molar-refractivity contribution >= 4 is 17.8 Å². The number of aromatic amines is 1. The largest absolute Gasteiger partial charge is 0.354 e. The van der Waals surface area contributed by atoms with E-state index < -0.39 is 0 Å². The summed E-state index contributed by atoms with van der Waals surface area (Å²) in [6, 6.07) is 0. The van der Waals surface area contributed by atoms with Gasteiger partial charge in [0.05, 0.1) is 0 Å². The number of carbonyl (C=O) groups excluding carboxylic acids is 2. The molecule has 1 heterocycles. The number of ketones is 1. The molecular weight excluding hydrogens is 216 g/mol. The molecule has 1 amide bonds. The van der Waals surface area contributed by atoms with E-state index in [2.05, 4.69) is 16.9 Å². The van der Waals surface area contributed by atoms with Crippen LogP contribution in [0.2, 0.25) is 0 Å². The fraction of sp³-hybridized carbons (Fsp3) is 0.385. The van der Waals surface area contributed by atoms with Crippen molar-refractivity contribution in [3.8, 4) is 0 Å². The highest BCUT2D eigenvalue weighted by molar-refractivity contribution is 6.05. The molecule has 90 valence electrons. The molecule has 0 atom stereocenters. The molecule has 17 heavy (non-hydrogen) atoms. The summed E-state index contributed by atoms with van der Waals surface area (Å²) >= 11 is 0. The Labute approximate surface area is 100 Å². The van der Waals surface area contributed by atoms with E-state index in [4.69, 9.17) is 0 Å². The third-order valence-corrected chi connectivity index (χ3v) is 3.15. The molecule has 1 aliphatic rings. The topological polar surface area (TPSA) is 62.0 Å². The first kappa shape index (κ1) is 11.6. The zero-order valence-electron chi connectivity index (χ0n) is 9.93. The summed E-state index contributed by atoms with van der Waals surface area (Å²) in [6.45, 7) is 3.69. The predicted molar refractivity (Wildman–Crippen MR) is 66.2 cm³/mol. The Bertz CT molecular complexity index is 486. The second-order valence-corrected chi connectivity index (χ2v) is 4.18. The number of rotatable bonds is 2. The van der Waals surface area contributed by atoms with Crippen LogP contribution in [0.5, 0.6) is 0 Å². The third-order valence-electron chi connectivity index (χ3n) is 3.15. The highest BCUT2D eigenvalue weighted by Gasteiger charge is 2.26. The normalized spacial score (nSPS) is 15.0. The van der Waals surface area contributed by atoms with Gasteiger partial charge in [-0.3, -0.25) is 9.59 Å². The molecule has 0 aromatic carbocycles. The standard InChI is InChI=1S/C13H16N2O2/c1-3-9-11-8(6-4-5-7-10(11)16)12(15-9)13(17)14-2/h3,15H,1,4-7H2,2H3,(H,14,17). The van der Waals surface area contributed by atoms with Gasteiger partial charge < -0.3 is 10.3 Å². The molecule has 0 unspecified atom stereocenters. The van der Waals surface area contributed by atoms with Gasteiger partial charge in [-0.05, 0) is 30.9 Å². The molecule has 0 bridgehead atoms. The fourth-order valence-corrected chi connectivity index (χ4v) is 2.31. The molecule has 0 radical (unpaired) electrons. The van der Waals surface area contributed by atoms with E-state index in [0.717, 1.165) is 24.8 Å². The summed E-state index contributed by atoms with van der Waals surface area (Å²) in [4.78, 5) is 26.8. The lowest BCUT2D eigenvalue weighted by Gasteiger charge is -2.01. The van der Waals surface area contributed by atoms with Crippen LogP contribution in [-0.4, -0.2) is 23.7 Å². The molecule has 0 spiro atoms. The minimum absolute atomic E-state index is 0.110. The van der Waals surface area contributed by atoms with Crippen molar-refractivity contribution in [2.24, 2.45) is 0 Å². The van der Waals surface area contributed by atoms with E-state index in [9.17, 15) is 9.59 Å². The number of fused-ring (bicyclic) bond motifs is 1. The number of hydrogen-bond acceptors (Lipinski definition) is 2. The molecule has 0 saturated heterocycles. The summed E-state index contributed by atoms with van der Waals surface area (Å²) in [6.07, 6.45) is 4.76. The quantitative estimate of drug-likeness (QED) is 0.765. The Morgan fingerprint density at radius 2 is 2.12 bits per heavy atom. The Balaban J connectivity index is 2.61. The van der Waals surface area contributed by atoms with Crippen LogP contribution in [0.25, 0.3) is 6.08 Å². The number of aromatic nitrogens is 1. The minimum Gasteiger partial charge on any atom is -0.354 e. The lowest BCUT2D eigenvalue weighted by Crippen LogP contribution is -2.19. The van der Waals surface area contributed by atoms with Crippen LogP contribution in [0, 0.1) is 0 Å². The van der Waals surface area contributed by atoms with Crippen molar-refractivity contribution in [1.82, 2.24) is 10.3 Å². The molecule has 0 aliphatic heterocycles. The highest BCUT2D eigenvalue weighted by Crippen LogP contribution is 2.27. The van der Waals surface area contributed by atoms with Gasteiger partial charge in [-0.2, -0.15) is 0 Å². The Hall–Kier alpha value is -1.84. The average molecular weight is 232 g/mol. The number of carbonyl (C=O) groups is 2. The van der Waals surface area contributed by atoms with Crippen molar-refractivity contribution in [3.63, 3.8) is 0 Å². The maximum atomic E-state index is 12.0. The van der Waals surface area contributed by atoms with Crippen molar-refractivity contribution in [1.29, 1.82) is 0 Å². The zero-order chi connectivity index (χ0) is 12.4. The number of amides is 1. The van der Waals surface area contributed by atoms with Crippen LogP contribution in [0.1, 0.15) is 51.4 Å². The monoisotopic (exact) mass is 232 g/mol. The van der Waals surface area contributed by atoms with Gasteiger partial charge in [-0.15, -0.1) is 0 Å². The Morgan fingerprint density at radius 3 is 2.76 bits per heavy atom. The number of Topliss-reactive ketones (excluding diaryl/α,β-unsaturated/α-hetero) is 1. The minimum atomic E-state index is -0.177. The van der Waals surface area contributed by atoms with Gasteiger partial charge in [-0.1, -0.05) is 6.58 Å². The molecule has 1 aromatic rings. The average Bonchev–Trinajstić information content (AvgIpc) is 2.61. The smallest absolute Gasteiger partial charge is 0.267 e. The van der Waals surface area contributed by atoms with Crippen LogP contribution < -0.4 is 5.32 Å². The summed E-state index contributed by atoms with van der Waals surface area (Å²) in [7, 11) is 1.58. The van der Waals surface area contributed by atoms with Crippen molar-refractivity contribution in [2.75, 3.05) is 7.05 Å². The molecule has 2 N–H and O–H groups in total. The molecule has 4 nitrogen and oxygen atoms in total. The first-order chi connectivity index (χ1) is 8.19. The summed E-state index contributed by atoms with van der Waals surface area (Å²) in [5.41, 5.74) is 2.69. The second kappa shape index (κ2) is 4.57. The van der Waals surface area contributed by atoms with E-state index in [1.165, 1.54) is 0 Å². The molecule has 0 fully saturated rings. The summed E-state index contributed by atoms with van der Waals surface area (Å²) in [5.74, 6) is -0.0668. The third kappa shape index (κ3) is 1.90. The van der Waals surface area contributed by atoms with Gasteiger partial charge in [0.2, 0.25) is 0 Å². The summed E-state index contributed by atoms with van der Waals surface area (Å²) in [5, 5.41) is 2.59. The fourth-order valence-electron chi connectivity index (χ4n) is 2.31. The molecule has 2 rings (SSSR count). The lowest BCUT2D eigenvalue weighted by molar-refractivity contribution is 0.0957.